The van der Waals surface area contributed by atoms with Crippen LogP contribution in [0.4, 0.5) is 11.4 Å². The van der Waals surface area contributed by atoms with Crippen LogP contribution in [0, 0.1) is 10.4 Å². The van der Waals surface area contributed by atoms with Crippen LogP contribution in [0.2, 0.25) is 0 Å². The minimum atomic E-state index is -1.24. The number of aliphatic hydroxyl groups is 1. The number of rotatable bonds is 9. The number of fused-ring (bicyclic) bond motifs is 1. The van der Waals surface area contributed by atoms with E-state index in [0.29, 0.717) is 16.2 Å². The second-order valence-electron chi connectivity index (χ2n) is 9.79. The number of likely N-dealkylation sites (N-methyl/N-ethyl adjacent to an activating group) is 1. The number of nitrogens with zero attached hydrogens (tertiary/aromatic N) is 3. The van der Waals surface area contributed by atoms with E-state index < -0.39 is 41.7 Å². The lowest BCUT2D eigenvalue weighted by molar-refractivity contribution is -0.139. The molecule has 3 aromatic carbocycles. The minimum Gasteiger partial charge on any atom is -0.754 e. The Balaban J connectivity index is 1.57. The fourth-order valence-corrected chi connectivity index (χ4v) is 4.57. The number of carbonyl (C=O) groups is 3. The third-order valence-electron chi connectivity index (χ3n) is 7.14. The zero-order chi connectivity index (χ0) is 29.8. The van der Waals surface area contributed by atoms with E-state index in [0.717, 1.165) is 6.07 Å². The van der Waals surface area contributed by atoms with E-state index in [9.17, 15) is 35.0 Å². The number of benzene rings is 3. The van der Waals surface area contributed by atoms with Crippen LogP contribution in [0.5, 0.6) is 0 Å². The summed E-state index contributed by atoms with van der Waals surface area (Å²) in [5.74, 6) is -2.80. The summed E-state index contributed by atoms with van der Waals surface area (Å²) in [6, 6.07) is 19.2. The first-order valence-electron chi connectivity index (χ1n) is 12.9. The smallest absolute Gasteiger partial charge is 0.326 e. The molecule has 0 radical (unpaired) electrons. The first-order valence-corrected chi connectivity index (χ1v) is 12.9. The molecule has 4 rings (SSSR count). The Hall–Kier alpha value is -4.71. The SMILES string of the molecule is CC1=C(C(=O)N(C)[C@@H](C)[C@H](O)c2ccccc2)N([O-])c2cc(C(=O)N[C@H](Cc3ccccc3)C(=O)O)ccc2N1[O-]. The van der Waals surface area contributed by atoms with Crippen LogP contribution >= 0.6 is 0 Å². The molecule has 1 aliphatic rings. The van der Waals surface area contributed by atoms with Crippen molar-refractivity contribution in [2.75, 3.05) is 17.2 Å². The third-order valence-corrected chi connectivity index (χ3v) is 7.14. The molecule has 0 spiro atoms. The quantitative estimate of drug-likeness (QED) is 0.357. The van der Waals surface area contributed by atoms with E-state index in [4.69, 9.17) is 0 Å². The van der Waals surface area contributed by atoms with Gasteiger partial charge < -0.3 is 41.0 Å². The van der Waals surface area contributed by atoms with Gasteiger partial charge in [-0.25, -0.2) is 4.79 Å². The van der Waals surface area contributed by atoms with E-state index in [2.05, 4.69) is 5.32 Å². The number of hydrogen-bond acceptors (Lipinski definition) is 8. The standard InChI is InChI=1S/C30H30N4O7/c1-18-26(29(37)32(3)19(2)27(35)21-12-8-5-9-13-21)34(41)25-17-22(14-15-24(25)33(18)40)28(36)31-23(30(38)39)16-20-10-6-4-7-11-20/h4-15,17,19,23,27,35H,16H2,1-3H3,(H,31,36)(H,38,39)/q-2/t19-,23+,27-/m0/s1. The van der Waals surface area contributed by atoms with Gasteiger partial charge in [-0.05, 0) is 43.2 Å². The maximum Gasteiger partial charge on any atom is 0.326 e. The number of carbonyl (C=O) groups excluding carboxylic acids is 2. The predicted octanol–water partition coefficient (Wildman–Crippen LogP) is 3.55. The maximum atomic E-state index is 13.5. The molecule has 2 amide bonds. The minimum absolute atomic E-state index is 0.0365. The molecule has 41 heavy (non-hydrogen) atoms. The molecule has 1 aliphatic heterocycles. The summed E-state index contributed by atoms with van der Waals surface area (Å²) < 4.78 is 0. The molecule has 0 saturated heterocycles. The molecule has 3 N–H and O–H groups in total. The zero-order valence-corrected chi connectivity index (χ0v) is 22.7. The summed E-state index contributed by atoms with van der Waals surface area (Å²) >= 11 is 0. The summed E-state index contributed by atoms with van der Waals surface area (Å²) in [6.07, 6.45) is -1.02. The summed E-state index contributed by atoms with van der Waals surface area (Å²) in [5, 5.41) is 50.2. The highest BCUT2D eigenvalue weighted by Crippen LogP contribution is 2.40. The van der Waals surface area contributed by atoms with Crippen molar-refractivity contribution in [1.82, 2.24) is 10.2 Å². The van der Waals surface area contributed by atoms with Gasteiger partial charge in [-0.15, -0.1) is 0 Å². The van der Waals surface area contributed by atoms with Gasteiger partial charge in [-0.2, -0.15) is 0 Å². The molecular weight excluding hydrogens is 528 g/mol. The molecule has 0 aromatic heterocycles. The average Bonchev–Trinajstić information content (AvgIpc) is 2.99. The Labute approximate surface area is 237 Å². The van der Waals surface area contributed by atoms with Crippen LogP contribution < -0.4 is 15.4 Å². The lowest BCUT2D eigenvalue weighted by atomic mass is 10.0. The highest BCUT2D eigenvalue weighted by molar-refractivity contribution is 6.04. The van der Waals surface area contributed by atoms with E-state index in [1.54, 1.807) is 67.6 Å². The molecule has 11 nitrogen and oxygen atoms in total. The number of anilines is 2. The van der Waals surface area contributed by atoms with Crippen molar-refractivity contribution < 1.29 is 24.6 Å². The maximum absolute atomic E-state index is 13.5. The summed E-state index contributed by atoms with van der Waals surface area (Å²) in [4.78, 5) is 39.5. The Morgan fingerprint density at radius 1 is 0.927 bits per heavy atom. The summed E-state index contributed by atoms with van der Waals surface area (Å²) in [6.45, 7) is 2.95. The molecule has 3 atom stereocenters. The normalized spacial score (nSPS) is 15.1. The van der Waals surface area contributed by atoms with Crippen LogP contribution in [-0.4, -0.2) is 52.0 Å². The van der Waals surface area contributed by atoms with E-state index in [1.165, 1.54) is 31.0 Å². The number of allylic oxidation sites excluding steroid dienone is 1. The van der Waals surface area contributed by atoms with Crippen LogP contribution in [0.15, 0.2) is 90.3 Å². The molecule has 0 saturated carbocycles. The molecule has 214 valence electrons. The molecule has 1 heterocycles. The zero-order valence-electron chi connectivity index (χ0n) is 22.7. The third kappa shape index (κ3) is 6.07. The summed E-state index contributed by atoms with van der Waals surface area (Å²) in [5.41, 5.74) is 0.268. The van der Waals surface area contributed by atoms with Crippen LogP contribution in [0.25, 0.3) is 0 Å². The second-order valence-corrected chi connectivity index (χ2v) is 9.79. The molecule has 3 aromatic rings. The topological polar surface area (TPSA) is 160 Å². The number of nitrogens with one attached hydrogen (secondary N) is 1. The van der Waals surface area contributed by atoms with Crippen molar-refractivity contribution in [3.63, 3.8) is 0 Å². The Morgan fingerprint density at radius 2 is 1.54 bits per heavy atom. The monoisotopic (exact) mass is 558 g/mol. The fraction of sp³-hybridized carbons (Fsp3) is 0.233. The van der Waals surface area contributed by atoms with Crippen LogP contribution in [0.3, 0.4) is 0 Å². The molecule has 0 bridgehead atoms. The van der Waals surface area contributed by atoms with Gasteiger partial charge in [-0.1, -0.05) is 60.7 Å². The number of aliphatic hydroxyl groups excluding tert-OH is 1. The average molecular weight is 559 g/mol. The van der Waals surface area contributed by atoms with Crippen molar-refractivity contribution in [1.29, 1.82) is 0 Å². The van der Waals surface area contributed by atoms with Gasteiger partial charge >= 0.3 is 5.97 Å². The number of amides is 2. The highest BCUT2D eigenvalue weighted by atomic mass is 16.5. The van der Waals surface area contributed by atoms with Crippen molar-refractivity contribution in [3.8, 4) is 0 Å². The Bertz CT molecular complexity index is 1460. The van der Waals surface area contributed by atoms with Gasteiger partial charge in [0.2, 0.25) is 0 Å². The highest BCUT2D eigenvalue weighted by Gasteiger charge is 2.32. The first kappa shape index (κ1) is 29.3. The van der Waals surface area contributed by atoms with E-state index in [1.807, 2.05) is 0 Å². The number of hydrogen-bond donors (Lipinski definition) is 3. The molecule has 0 fully saturated rings. The largest absolute Gasteiger partial charge is 0.754 e. The molecule has 11 heteroatoms. The van der Waals surface area contributed by atoms with E-state index in [-0.39, 0.29) is 34.1 Å². The Kier molecular flexibility index (Phi) is 8.72. The van der Waals surface area contributed by atoms with Crippen molar-refractivity contribution in [2.24, 2.45) is 0 Å². The fourth-order valence-electron chi connectivity index (χ4n) is 4.57. The van der Waals surface area contributed by atoms with Gasteiger partial charge in [-0.3, -0.25) is 9.59 Å². The molecule has 0 aliphatic carbocycles. The molecule has 0 unspecified atom stereocenters. The van der Waals surface area contributed by atoms with Gasteiger partial charge in [0.25, 0.3) is 11.8 Å². The molecular formula is C30H30N4O7-2. The van der Waals surface area contributed by atoms with Gasteiger partial charge in [0.15, 0.2) is 0 Å². The lowest BCUT2D eigenvalue weighted by Gasteiger charge is -2.48. The van der Waals surface area contributed by atoms with Crippen molar-refractivity contribution in [2.45, 2.75) is 38.5 Å². The van der Waals surface area contributed by atoms with Crippen LogP contribution in [0.1, 0.15) is 41.4 Å². The van der Waals surface area contributed by atoms with Gasteiger partial charge in [0, 0.05) is 24.7 Å². The van der Waals surface area contributed by atoms with E-state index >= 15 is 0 Å². The van der Waals surface area contributed by atoms with Crippen molar-refractivity contribution in [3.05, 3.63) is 117 Å². The lowest BCUT2D eigenvalue weighted by Crippen LogP contribution is -2.45. The van der Waals surface area contributed by atoms with Crippen molar-refractivity contribution >= 4 is 29.2 Å². The Morgan fingerprint density at radius 3 is 2.15 bits per heavy atom. The van der Waals surface area contributed by atoms with Gasteiger partial charge in [0.1, 0.15) is 11.7 Å². The van der Waals surface area contributed by atoms with Crippen LogP contribution in [-0.2, 0) is 16.0 Å². The number of carboxylic acid groups (broad SMARTS) is 1. The van der Waals surface area contributed by atoms with Gasteiger partial charge in [0.05, 0.1) is 23.5 Å². The number of aliphatic carboxylic acids is 1. The second kappa shape index (κ2) is 12.2. The summed E-state index contributed by atoms with van der Waals surface area (Å²) in [7, 11) is 1.42. The number of carboxylic acids is 1. The first-order chi connectivity index (χ1) is 19.5. The predicted molar refractivity (Wildman–Crippen MR) is 154 cm³/mol. The number of hydroxylamine groups is 2.